The molecule has 1 atom stereocenters. The van der Waals surface area contributed by atoms with Gasteiger partial charge in [0.1, 0.15) is 7.14 Å². The van der Waals surface area contributed by atoms with E-state index in [1.807, 2.05) is 60.7 Å². The predicted molar refractivity (Wildman–Crippen MR) is 134 cm³/mol. The van der Waals surface area contributed by atoms with Crippen LogP contribution in [0.4, 0.5) is 0 Å². The minimum absolute atomic E-state index is 0.330. The van der Waals surface area contributed by atoms with Gasteiger partial charge in [0.15, 0.2) is 0 Å². The molecule has 0 N–H and O–H groups in total. The van der Waals surface area contributed by atoms with Crippen LogP contribution >= 0.6 is 7.14 Å². The van der Waals surface area contributed by atoms with Gasteiger partial charge in [-0.25, -0.2) is 0 Å². The molecule has 0 fully saturated rings. The topological polar surface area (TPSA) is 20.3 Å². The maximum Gasteiger partial charge on any atom is 0.147 e. The molecule has 0 saturated carbocycles. The van der Waals surface area contributed by atoms with Crippen LogP contribution in [-0.2, 0) is 10.7 Å². The molecule has 1 aliphatic rings. The van der Waals surface area contributed by atoms with Gasteiger partial charge in [-0.2, -0.15) is 0 Å². The quantitative estimate of drug-likeness (QED) is 0.440. The van der Waals surface area contributed by atoms with E-state index in [2.05, 4.69) is 62.3 Å². The molecule has 3 heteroatoms. The molecule has 31 heavy (non-hydrogen) atoms. The molecule has 0 aliphatic heterocycles. The molecule has 0 spiro atoms. The molecule has 4 rings (SSSR count). The Labute approximate surface area is 186 Å². The minimum Gasteiger partial charge on any atom is -0.313 e. The average Bonchev–Trinajstić information content (AvgIpc) is 3.29. The number of benzene rings is 3. The van der Waals surface area contributed by atoms with Crippen LogP contribution in [0.15, 0.2) is 103 Å². The smallest absolute Gasteiger partial charge is 0.147 e. The Morgan fingerprint density at radius 1 is 0.839 bits per heavy atom. The summed E-state index contributed by atoms with van der Waals surface area (Å²) in [6.07, 6.45) is 5.94. The summed E-state index contributed by atoms with van der Waals surface area (Å²) in [4.78, 5) is 2.24. The lowest BCUT2D eigenvalue weighted by molar-refractivity contribution is 0.356. The van der Waals surface area contributed by atoms with E-state index in [0.717, 1.165) is 22.6 Å². The van der Waals surface area contributed by atoms with E-state index in [0.29, 0.717) is 12.2 Å². The summed E-state index contributed by atoms with van der Waals surface area (Å²) in [5.41, 5.74) is 5.08. The van der Waals surface area contributed by atoms with Crippen molar-refractivity contribution in [2.75, 3.05) is 14.1 Å². The maximum absolute atomic E-state index is 14.6. The number of likely N-dealkylation sites (N-methyl/N-ethyl adjacent to an activating group) is 1. The standard InChI is InChI=1S/C28H30NOP/c1-22(29(2)3)26-19-12-20-28(26)27-18-11-10-13-23(27)21-31(30,24-14-6-4-7-15-24)25-16-8-5-9-17-25/h4-19,22H,20-21H2,1-3H3/t22-/m1/s1. The Hall–Kier alpha value is -2.67. The number of hydrogen-bond acceptors (Lipinski definition) is 2. The van der Waals surface area contributed by atoms with Gasteiger partial charge in [0, 0.05) is 22.8 Å². The summed E-state index contributed by atoms with van der Waals surface area (Å²) in [7, 11) is 1.41. The summed E-state index contributed by atoms with van der Waals surface area (Å²) >= 11 is 0. The van der Waals surface area contributed by atoms with Crippen LogP contribution in [0.25, 0.3) is 5.57 Å². The Morgan fingerprint density at radius 3 is 1.97 bits per heavy atom. The van der Waals surface area contributed by atoms with Crippen molar-refractivity contribution >= 4 is 23.3 Å². The van der Waals surface area contributed by atoms with Crippen LogP contribution in [-0.4, -0.2) is 25.0 Å². The van der Waals surface area contributed by atoms with Crippen LogP contribution in [0.2, 0.25) is 0 Å². The van der Waals surface area contributed by atoms with Crippen molar-refractivity contribution in [2.45, 2.75) is 25.5 Å². The molecule has 158 valence electrons. The lowest BCUT2D eigenvalue weighted by Gasteiger charge is -2.24. The highest BCUT2D eigenvalue weighted by Crippen LogP contribution is 2.48. The van der Waals surface area contributed by atoms with E-state index in [-0.39, 0.29) is 0 Å². The molecule has 3 aromatic carbocycles. The highest BCUT2D eigenvalue weighted by atomic mass is 31.2. The molecule has 0 unspecified atom stereocenters. The Bertz CT molecular complexity index is 1100. The third kappa shape index (κ3) is 4.37. The van der Waals surface area contributed by atoms with Gasteiger partial charge in [-0.3, -0.25) is 0 Å². The largest absolute Gasteiger partial charge is 0.313 e. The summed E-state index contributed by atoms with van der Waals surface area (Å²) in [6, 6.07) is 28.8. The minimum atomic E-state index is -2.83. The van der Waals surface area contributed by atoms with Gasteiger partial charge < -0.3 is 9.46 Å². The number of rotatable bonds is 7. The summed E-state index contributed by atoms with van der Waals surface area (Å²) in [5.74, 6) is 0. The first-order valence-corrected chi connectivity index (χ1v) is 12.7. The molecular formula is C28H30NOP. The second-order valence-electron chi connectivity index (χ2n) is 8.41. The lowest BCUT2D eigenvalue weighted by Crippen LogP contribution is -2.26. The highest BCUT2D eigenvalue weighted by Gasteiger charge is 2.29. The molecule has 0 bridgehead atoms. The molecule has 0 radical (unpaired) electrons. The van der Waals surface area contributed by atoms with Gasteiger partial charge in [-0.05, 0) is 49.7 Å². The monoisotopic (exact) mass is 427 g/mol. The van der Waals surface area contributed by atoms with Crippen molar-refractivity contribution < 1.29 is 4.57 Å². The van der Waals surface area contributed by atoms with Gasteiger partial charge in [0.25, 0.3) is 0 Å². The Morgan fingerprint density at radius 2 is 1.39 bits per heavy atom. The van der Waals surface area contributed by atoms with Crippen molar-refractivity contribution in [3.63, 3.8) is 0 Å². The summed E-state index contributed by atoms with van der Waals surface area (Å²) in [6.45, 7) is 2.24. The summed E-state index contributed by atoms with van der Waals surface area (Å²) in [5, 5.41) is 1.83. The third-order valence-electron chi connectivity index (χ3n) is 6.27. The molecule has 1 aliphatic carbocycles. The van der Waals surface area contributed by atoms with Crippen LogP contribution in [0.5, 0.6) is 0 Å². The Kier molecular flexibility index (Phi) is 6.41. The van der Waals surface area contributed by atoms with E-state index in [4.69, 9.17) is 0 Å². The first-order valence-electron chi connectivity index (χ1n) is 10.9. The van der Waals surface area contributed by atoms with Crippen molar-refractivity contribution in [3.8, 4) is 0 Å². The molecule has 0 heterocycles. The fourth-order valence-corrected chi connectivity index (χ4v) is 7.05. The third-order valence-corrected chi connectivity index (χ3v) is 9.33. The summed E-state index contributed by atoms with van der Waals surface area (Å²) < 4.78 is 14.6. The van der Waals surface area contributed by atoms with E-state index >= 15 is 0 Å². The molecular weight excluding hydrogens is 397 g/mol. The zero-order chi connectivity index (χ0) is 21.8. The van der Waals surface area contributed by atoms with Gasteiger partial charge in [-0.15, -0.1) is 0 Å². The molecule has 0 aromatic heterocycles. The molecule has 2 nitrogen and oxygen atoms in total. The van der Waals surface area contributed by atoms with Gasteiger partial charge in [-0.1, -0.05) is 97.1 Å². The number of hydrogen-bond donors (Lipinski definition) is 0. The number of nitrogens with zero attached hydrogens (tertiary/aromatic N) is 1. The second kappa shape index (κ2) is 9.22. The van der Waals surface area contributed by atoms with Crippen LogP contribution in [0, 0.1) is 0 Å². The molecule has 0 saturated heterocycles. The first-order chi connectivity index (χ1) is 15.0. The normalized spacial score (nSPS) is 15.0. The first kappa shape index (κ1) is 21.6. The lowest BCUT2D eigenvalue weighted by atomic mass is 9.94. The van der Waals surface area contributed by atoms with Crippen molar-refractivity contribution in [1.82, 2.24) is 4.90 Å². The number of allylic oxidation sites excluding steroid dienone is 2. The van der Waals surface area contributed by atoms with Gasteiger partial charge in [0.2, 0.25) is 0 Å². The second-order valence-corrected chi connectivity index (χ2v) is 11.2. The van der Waals surface area contributed by atoms with Crippen molar-refractivity contribution in [2.24, 2.45) is 0 Å². The predicted octanol–water partition coefficient (Wildman–Crippen LogP) is 5.86. The van der Waals surface area contributed by atoms with Gasteiger partial charge in [0.05, 0.1) is 0 Å². The fourth-order valence-electron chi connectivity index (χ4n) is 4.32. The fraction of sp³-hybridized carbons (Fsp3) is 0.214. The average molecular weight is 428 g/mol. The van der Waals surface area contributed by atoms with Crippen LogP contribution < -0.4 is 10.6 Å². The van der Waals surface area contributed by atoms with E-state index in [9.17, 15) is 4.57 Å². The van der Waals surface area contributed by atoms with Crippen LogP contribution in [0.1, 0.15) is 24.5 Å². The van der Waals surface area contributed by atoms with Gasteiger partial charge >= 0.3 is 0 Å². The highest BCUT2D eigenvalue weighted by molar-refractivity contribution is 7.78. The molecule has 0 amide bonds. The zero-order valence-electron chi connectivity index (χ0n) is 18.5. The van der Waals surface area contributed by atoms with Crippen LogP contribution in [0.3, 0.4) is 0 Å². The molecule has 3 aromatic rings. The van der Waals surface area contributed by atoms with E-state index < -0.39 is 7.14 Å². The van der Waals surface area contributed by atoms with Crippen molar-refractivity contribution in [1.29, 1.82) is 0 Å². The SMILES string of the molecule is C[C@H](C1=C(c2ccccc2CP(=O)(c2ccccc2)c2ccccc2)CC=C1)N(C)C. The zero-order valence-corrected chi connectivity index (χ0v) is 19.4. The Balaban J connectivity index is 1.82. The van der Waals surface area contributed by atoms with E-state index in [1.165, 1.54) is 16.7 Å². The van der Waals surface area contributed by atoms with Crippen molar-refractivity contribution in [3.05, 3.63) is 114 Å². The maximum atomic E-state index is 14.6. The van der Waals surface area contributed by atoms with E-state index in [1.54, 1.807) is 0 Å².